The number of hydrogen-bond donors (Lipinski definition) is 1. The monoisotopic (exact) mass is 743 g/mol. The molecule has 0 radical (unpaired) electrons. The summed E-state index contributed by atoms with van der Waals surface area (Å²) >= 11 is 6.39. The van der Waals surface area contributed by atoms with Gasteiger partial charge in [0.25, 0.3) is 5.91 Å². The van der Waals surface area contributed by atoms with E-state index in [9.17, 15) is 13.2 Å². The van der Waals surface area contributed by atoms with Crippen molar-refractivity contribution in [3.8, 4) is 5.75 Å². The Morgan fingerprint density at radius 2 is 1.71 bits per heavy atom. The summed E-state index contributed by atoms with van der Waals surface area (Å²) < 4.78 is 54.6. The molecule has 4 aliphatic heterocycles. The van der Waals surface area contributed by atoms with Gasteiger partial charge in [-0.05, 0) is 111 Å². The lowest BCUT2D eigenvalue weighted by atomic mass is 9.65. The van der Waals surface area contributed by atoms with E-state index in [1.165, 1.54) is 5.56 Å². The van der Waals surface area contributed by atoms with Gasteiger partial charge in [0.1, 0.15) is 12.4 Å². The number of fused-ring (bicyclic) bond motifs is 3. The van der Waals surface area contributed by atoms with Crippen LogP contribution in [0.4, 0.5) is 5.69 Å². The average molecular weight is 744 g/mol. The van der Waals surface area contributed by atoms with Crippen molar-refractivity contribution < 1.29 is 32.2 Å². The highest BCUT2D eigenvalue weighted by molar-refractivity contribution is 7.90. The van der Waals surface area contributed by atoms with E-state index in [4.69, 9.17) is 30.5 Å². The lowest BCUT2D eigenvalue weighted by Crippen LogP contribution is -2.61. The van der Waals surface area contributed by atoms with Crippen molar-refractivity contribution in [3.05, 3.63) is 58.1 Å². The zero-order chi connectivity index (χ0) is 35.7. The summed E-state index contributed by atoms with van der Waals surface area (Å²) in [4.78, 5) is 18.3. The van der Waals surface area contributed by atoms with E-state index < -0.39 is 21.2 Å². The van der Waals surface area contributed by atoms with Crippen LogP contribution in [0.25, 0.3) is 0 Å². The molecule has 1 aliphatic carbocycles. The summed E-state index contributed by atoms with van der Waals surface area (Å²) in [5.74, 6) is 0.991. The maximum Gasteiger partial charge on any atom is 0.264 e. The minimum Gasteiger partial charge on any atom is -0.487 e. The number of ether oxygens (including phenoxy) is 4. The number of likely N-dealkylation sites (tertiary alicyclic amines) is 1. The standard InChI is InChI=1S/C39H54ClN3O7S/c1-25-7-6-9-35(39-49-23-32(24-50-39)43-20-33(21-43)47-3)34-14-11-29(34)19-42-16-5-4-8-27-17-31(40)13-10-30(27)22-48-37-15-12-28(18-36(37)42)38(44)41-51(45,46)26(25)2/h10,12-13,15,17-18,25-26,29,32-35,39H,4-9,11,14,16,19-24H2,1-3H3,(H,41,44)/t25-,26+,29-,32-,34+,35+,39+/m0/s1. The van der Waals surface area contributed by atoms with Gasteiger partial charge >= 0.3 is 0 Å². The van der Waals surface area contributed by atoms with E-state index in [0.29, 0.717) is 43.0 Å². The number of carbonyl (C=O) groups excluding carboxylic acids is 1. The number of rotatable bonds is 3. The Bertz CT molecular complexity index is 1650. The zero-order valence-electron chi connectivity index (χ0n) is 30.2. The van der Waals surface area contributed by atoms with Crippen LogP contribution < -0.4 is 14.4 Å². The van der Waals surface area contributed by atoms with Gasteiger partial charge in [0.05, 0.1) is 36.3 Å². The van der Waals surface area contributed by atoms with E-state index in [1.807, 2.05) is 37.3 Å². The Morgan fingerprint density at radius 1 is 0.902 bits per heavy atom. The number of sulfonamides is 1. The first-order valence-electron chi connectivity index (χ1n) is 18.9. The van der Waals surface area contributed by atoms with Crippen molar-refractivity contribution in [1.29, 1.82) is 0 Å². The Morgan fingerprint density at radius 3 is 2.45 bits per heavy atom. The summed E-state index contributed by atoms with van der Waals surface area (Å²) in [6.45, 7) is 8.76. The fourth-order valence-corrected chi connectivity index (χ4v) is 10.2. The fraction of sp³-hybridized carbons (Fsp3) is 0.667. The lowest BCUT2D eigenvalue weighted by Gasteiger charge is -2.50. The SMILES string of the molecule is COC1CN([C@H]2CO[C@@H]([C@@H]3CCC[C@H](C)[C@@H](C)S(=O)(=O)NC(=O)c4ccc5c(c4)N(CCCCc4cc(Cl)ccc4CO5)C[C@@H]4CC[C@H]43)OC2)C1. The molecule has 0 unspecified atom stereocenters. The maximum absolute atomic E-state index is 13.6. The molecule has 1 amide bonds. The van der Waals surface area contributed by atoms with E-state index >= 15 is 0 Å². The predicted molar refractivity (Wildman–Crippen MR) is 198 cm³/mol. The van der Waals surface area contributed by atoms with Crippen LogP contribution in [0.5, 0.6) is 5.75 Å². The van der Waals surface area contributed by atoms with E-state index in [2.05, 4.69) is 14.5 Å². The van der Waals surface area contributed by atoms with Gasteiger partial charge in [-0.15, -0.1) is 0 Å². The summed E-state index contributed by atoms with van der Waals surface area (Å²) in [5, 5.41) is -0.00960. The first kappa shape index (κ1) is 36.9. The summed E-state index contributed by atoms with van der Waals surface area (Å²) in [6.07, 6.45) is 7.57. The van der Waals surface area contributed by atoms with Gasteiger partial charge < -0.3 is 23.8 Å². The Balaban J connectivity index is 1.18. The highest BCUT2D eigenvalue weighted by atomic mass is 35.5. The van der Waals surface area contributed by atoms with Crippen molar-refractivity contribution >= 4 is 33.2 Å². The molecule has 4 heterocycles. The number of nitrogens with zero attached hydrogens (tertiary/aromatic N) is 2. The van der Waals surface area contributed by atoms with Crippen LogP contribution in [0.3, 0.4) is 0 Å². The second-order valence-corrected chi connectivity index (χ2v) is 18.0. The number of methoxy groups -OCH3 is 1. The molecule has 7 rings (SSSR count). The number of nitrogens with one attached hydrogen (secondary N) is 1. The van der Waals surface area contributed by atoms with Crippen LogP contribution in [0.2, 0.25) is 5.02 Å². The molecule has 2 aromatic rings. The molecule has 10 nitrogen and oxygen atoms in total. The number of benzene rings is 2. The van der Waals surface area contributed by atoms with E-state index in [-0.39, 0.29) is 30.3 Å². The highest BCUT2D eigenvalue weighted by Gasteiger charge is 2.45. The molecule has 0 spiro atoms. The zero-order valence-corrected chi connectivity index (χ0v) is 31.8. The minimum atomic E-state index is -3.91. The summed E-state index contributed by atoms with van der Waals surface area (Å²) in [6, 6.07) is 11.5. The lowest BCUT2D eigenvalue weighted by molar-refractivity contribution is -0.251. The van der Waals surface area contributed by atoms with E-state index in [1.54, 1.807) is 20.1 Å². The molecule has 3 fully saturated rings. The second kappa shape index (κ2) is 15.9. The molecule has 2 bridgehead atoms. The molecule has 280 valence electrons. The predicted octanol–water partition coefficient (Wildman–Crippen LogP) is 6.04. The van der Waals surface area contributed by atoms with Gasteiger partial charge in [-0.2, -0.15) is 0 Å². The van der Waals surface area contributed by atoms with Crippen LogP contribution >= 0.6 is 11.6 Å². The van der Waals surface area contributed by atoms with E-state index in [0.717, 1.165) is 93.8 Å². The van der Waals surface area contributed by atoms with Crippen LogP contribution in [0.1, 0.15) is 80.3 Å². The quantitative estimate of drug-likeness (QED) is 0.403. The number of halogens is 1. The van der Waals surface area contributed by atoms with Crippen LogP contribution in [-0.2, 0) is 37.3 Å². The highest BCUT2D eigenvalue weighted by Crippen LogP contribution is 2.46. The first-order chi connectivity index (χ1) is 24.6. The molecular formula is C39H54ClN3O7S. The third-order valence-corrected chi connectivity index (χ3v) is 14.6. The van der Waals surface area contributed by atoms with Gasteiger partial charge in [-0.25, -0.2) is 13.1 Å². The van der Waals surface area contributed by atoms with Gasteiger partial charge in [0.15, 0.2) is 6.29 Å². The molecule has 0 aromatic heterocycles. The molecular weight excluding hydrogens is 690 g/mol. The maximum atomic E-state index is 13.6. The van der Waals surface area contributed by atoms with Crippen molar-refractivity contribution in [1.82, 2.24) is 9.62 Å². The van der Waals surface area contributed by atoms with Gasteiger partial charge in [0, 0.05) is 49.8 Å². The third-order valence-electron chi connectivity index (χ3n) is 12.4. The Hall–Kier alpha value is -2.41. The third kappa shape index (κ3) is 8.24. The van der Waals surface area contributed by atoms with Gasteiger partial charge in [0.2, 0.25) is 10.0 Å². The molecule has 2 saturated heterocycles. The molecule has 51 heavy (non-hydrogen) atoms. The number of hydrogen-bond acceptors (Lipinski definition) is 9. The van der Waals surface area contributed by atoms with Crippen LogP contribution in [0.15, 0.2) is 36.4 Å². The molecule has 12 heteroatoms. The molecule has 5 aliphatic rings. The largest absolute Gasteiger partial charge is 0.487 e. The van der Waals surface area contributed by atoms with Crippen molar-refractivity contribution in [2.45, 2.75) is 95.5 Å². The smallest absolute Gasteiger partial charge is 0.264 e. The first-order valence-corrected chi connectivity index (χ1v) is 20.9. The van der Waals surface area contributed by atoms with Crippen molar-refractivity contribution in [3.63, 3.8) is 0 Å². The minimum absolute atomic E-state index is 0.132. The topological polar surface area (TPSA) is 107 Å². The Labute approximate surface area is 308 Å². The van der Waals surface area contributed by atoms with Crippen LogP contribution in [-0.4, -0.2) is 89.4 Å². The summed E-state index contributed by atoms with van der Waals surface area (Å²) in [7, 11) is -2.15. The normalized spacial score (nSPS) is 32.5. The Kier molecular flexibility index (Phi) is 11.5. The number of anilines is 1. The molecule has 1 saturated carbocycles. The number of amides is 1. The van der Waals surface area contributed by atoms with Crippen molar-refractivity contribution in [2.75, 3.05) is 51.4 Å². The number of carbonyl (C=O) groups is 1. The average Bonchev–Trinajstić information content (AvgIpc) is 3.11. The molecule has 5 atom stereocenters. The van der Waals surface area contributed by atoms with Gasteiger partial charge in [-0.3, -0.25) is 9.69 Å². The molecule has 1 N–H and O–H groups in total. The number of aryl methyl sites for hydroxylation is 1. The second-order valence-electron chi connectivity index (χ2n) is 15.5. The summed E-state index contributed by atoms with van der Waals surface area (Å²) in [5.41, 5.74) is 3.41. The molecule has 2 aromatic carbocycles. The van der Waals surface area contributed by atoms with Crippen LogP contribution in [0, 0.1) is 23.7 Å². The fourth-order valence-electron chi connectivity index (χ4n) is 8.68. The van der Waals surface area contributed by atoms with Gasteiger partial charge in [-0.1, -0.05) is 31.0 Å². The van der Waals surface area contributed by atoms with Crippen molar-refractivity contribution in [2.24, 2.45) is 23.7 Å².